The molecule has 0 spiro atoms. The van der Waals surface area contributed by atoms with Crippen LogP contribution in [-0.2, 0) is 12.6 Å². The van der Waals surface area contributed by atoms with Gasteiger partial charge in [-0.15, -0.1) is 0 Å². The average molecular weight is 337 g/mol. The standard InChI is InChI=1S/C17H18F3N3O/c1-12(14-7-9-21-10-8-14)23-16(24)22-11-6-13-2-4-15(5-3-13)17(18,19)20/h2-5,7-10,12H,6,11H2,1H3,(H2,22,23,24). The zero-order chi connectivity index (χ0) is 17.6. The number of rotatable bonds is 5. The summed E-state index contributed by atoms with van der Waals surface area (Å²) in [6.07, 6.45) is -0.582. The number of nitrogens with zero attached hydrogens (tertiary/aromatic N) is 1. The first kappa shape index (κ1) is 17.8. The maximum atomic E-state index is 12.5. The van der Waals surface area contributed by atoms with Crippen molar-refractivity contribution in [1.29, 1.82) is 0 Å². The van der Waals surface area contributed by atoms with Gasteiger partial charge in [-0.3, -0.25) is 4.98 Å². The van der Waals surface area contributed by atoms with Crippen LogP contribution in [0.4, 0.5) is 18.0 Å². The zero-order valence-corrected chi connectivity index (χ0v) is 13.1. The van der Waals surface area contributed by atoms with E-state index in [1.54, 1.807) is 12.4 Å². The predicted octanol–water partition coefficient (Wildman–Crippen LogP) is 3.70. The van der Waals surface area contributed by atoms with Crippen molar-refractivity contribution in [3.05, 3.63) is 65.5 Å². The smallest absolute Gasteiger partial charge is 0.338 e. The Bertz CT molecular complexity index is 657. The molecule has 1 atom stereocenters. The van der Waals surface area contributed by atoms with Crippen LogP contribution < -0.4 is 10.6 Å². The van der Waals surface area contributed by atoms with Crippen molar-refractivity contribution in [2.24, 2.45) is 0 Å². The molecule has 0 aliphatic heterocycles. The summed E-state index contributed by atoms with van der Waals surface area (Å²) >= 11 is 0. The minimum Gasteiger partial charge on any atom is -0.338 e. The minimum absolute atomic E-state index is 0.168. The fourth-order valence-corrected chi connectivity index (χ4v) is 2.16. The number of halogens is 3. The summed E-state index contributed by atoms with van der Waals surface area (Å²) < 4.78 is 37.4. The largest absolute Gasteiger partial charge is 0.416 e. The number of carbonyl (C=O) groups excluding carboxylic acids is 1. The van der Waals surface area contributed by atoms with E-state index in [0.717, 1.165) is 23.3 Å². The number of hydrogen-bond acceptors (Lipinski definition) is 2. The lowest BCUT2D eigenvalue weighted by Gasteiger charge is -2.15. The Morgan fingerprint density at radius 1 is 1.12 bits per heavy atom. The third-order valence-electron chi connectivity index (χ3n) is 3.53. The van der Waals surface area contributed by atoms with Crippen LogP contribution in [0.1, 0.15) is 29.7 Å². The molecule has 0 bridgehead atoms. The van der Waals surface area contributed by atoms with Crippen LogP contribution in [0.3, 0.4) is 0 Å². The molecule has 0 radical (unpaired) electrons. The molecule has 0 fully saturated rings. The van der Waals surface area contributed by atoms with Crippen molar-refractivity contribution in [1.82, 2.24) is 15.6 Å². The van der Waals surface area contributed by atoms with Gasteiger partial charge in [0.15, 0.2) is 0 Å². The summed E-state index contributed by atoms with van der Waals surface area (Å²) in [5.41, 5.74) is 0.983. The van der Waals surface area contributed by atoms with Crippen LogP contribution in [0.25, 0.3) is 0 Å². The molecule has 128 valence electrons. The molecule has 4 nitrogen and oxygen atoms in total. The molecule has 1 unspecified atom stereocenters. The number of nitrogens with one attached hydrogen (secondary N) is 2. The number of alkyl halides is 3. The number of pyridine rings is 1. The molecule has 2 N–H and O–H groups in total. The molecule has 2 aromatic rings. The van der Waals surface area contributed by atoms with Gasteiger partial charge in [-0.1, -0.05) is 12.1 Å². The van der Waals surface area contributed by atoms with Crippen LogP contribution in [-0.4, -0.2) is 17.6 Å². The van der Waals surface area contributed by atoms with Gasteiger partial charge in [0.25, 0.3) is 0 Å². The van der Waals surface area contributed by atoms with E-state index in [1.165, 1.54) is 12.1 Å². The van der Waals surface area contributed by atoms with Crippen LogP contribution in [0.2, 0.25) is 0 Å². The highest BCUT2D eigenvalue weighted by Crippen LogP contribution is 2.29. The van der Waals surface area contributed by atoms with Gasteiger partial charge < -0.3 is 10.6 Å². The number of carbonyl (C=O) groups is 1. The van der Waals surface area contributed by atoms with Gasteiger partial charge in [0.1, 0.15) is 0 Å². The van der Waals surface area contributed by atoms with Gasteiger partial charge in [0, 0.05) is 18.9 Å². The molecule has 0 saturated carbocycles. The van der Waals surface area contributed by atoms with E-state index in [-0.39, 0.29) is 12.1 Å². The van der Waals surface area contributed by atoms with Gasteiger partial charge in [0.2, 0.25) is 0 Å². The Labute approximate surface area is 138 Å². The first-order valence-electron chi connectivity index (χ1n) is 7.46. The second-order valence-electron chi connectivity index (χ2n) is 5.35. The fourth-order valence-electron chi connectivity index (χ4n) is 2.16. The molecule has 7 heteroatoms. The lowest BCUT2D eigenvalue weighted by atomic mass is 10.1. The van der Waals surface area contributed by atoms with Crippen molar-refractivity contribution >= 4 is 6.03 Å². The third-order valence-corrected chi connectivity index (χ3v) is 3.53. The normalized spacial score (nSPS) is 12.5. The van der Waals surface area contributed by atoms with Gasteiger partial charge >= 0.3 is 12.2 Å². The second kappa shape index (κ2) is 7.81. The van der Waals surface area contributed by atoms with Crippen molar-refractivity contribution in [2.45, 2.75) is 25.6 Å². The summed E-state index contributed by atoms with van der Waals surface area (Å²) in [7, 11) is 0. The predicted molar refractivity (Wildman–Crippen MR) is 84.3 cm³/mol. The van der Waals surface area contributed by atoms with Crippen LogP contribution >= 0.6 is 0 Å². The van der Waals surface area contributed by atoms with Gasteiger partial charge in [-0.05, 0) is 48.7 Å². The van der Waals surface area contributed by atoms with E-state index >= 15 is 0 Å². The molecule has 0 aliphatic carbocycles. The summed E-state index contributed by atoms with van der Waals surface area (Å²) in [4.78, 5) is 15.7. The monoisotopic (exact) mass is 337 g/mol. The molecule has 0 aliphatic rings. The minimum atomic E-state index is -4.33. The maximum Gasteiger partial charge on any atom is 0.416 e. The Morgan fingerprint density at radius 3 is 2.33 bits per heavy atom. The van der Waals surface area contributed by atoms with Crippen molar-refractivity contribution in [2.75, 3.05) is 6.54 Å². The molecule has 2 rings (SSSR count). The molecular formula is C17H18F3N3O. The molecule has 24 heavy (non-hydrogen) atoms. The number of urea groups is 1. The van der Waals surface area contributed by atoms with Gasteiger partial charge in [-0.25, -0.2) is 4.79 Å². The van der Waals surface area contributed by atoms with Crippen molar-refractivity contribution < 1.29 is 18.0 Å². The maximum absolute atomic E-state index is 12.5. The van der Waals surface area contributed by atoms with E-state index in [1.807, 2.05) is 19.1 Å². The van der Waals surface area contributed by atoms with E-state index in [4.69, 9.17) is 0 Å². The Kier molecular flexibility index (Phi) is 5.78. The molecule has 1 aromatic carbocycles. The summed E-state index contributed by atoms with van der Waals surface area (Å²) in [5, 5.41) is 5.47. The molecule has 0 saturated heterocycles. The summed E-state index contributed by atoms with van der Waals surface area (Å²) in [6.45, 7) is 2.19. The number of amides is 2. The molecular weight excluding hydrogens is 319 g/mol. The van der Waals surface area contributed by atoms with E-state index in [0.29, 0.717) is 13.0 Å². The second-order valence-corrected chi connectivity index (χ2v) is 5.35. The van der Waals surface area contributed by atoms with Gasteiger partial charge in [0.05, 0.1) is 11.6 Å². The highest BCUT2D eigenvalue weighted by molar-refractivity contribution is 5.74. The zero-order valence-electron chi connectivity index (χ0n) is 13.1. The van der Waals surface area contributed by atoms with Crippen molar-refractivity contribution in [3.8, 4) is 0 Å². The Hall–Kier alpha value is -2.57. The highest BCUT2D eigenvalue weighted by atomic mass is 19.4. The van der Waals surface area contributed by atoms with Crippen LogP contribution in [0.15, 0.2) is 48.8 Å². The highest BCUT2D eigenvalue weighted by Gasteiger charge is 2.29. The van der Waals surface area contributed by atoms with Crippen LogP contribution in [0, 0.1) is 0 Å². The fraction of sp³-hybridized carbons (Fsp3) is 0.294. The molecule has 1 aromatic heterocycles. The van der Waals surface area contributed by atoms with E-state index < -0.39 is 11.7 Å². The quantitative estimate of drug-likeness (QED) is 0.874. The van der Waals surface area contributed by atoms with E-state index in [2.05, 4.69) is 15.6 Å². The van der Waals surface area contributed by atoms with Gasteiger partial charge in [-0.2, -0.15) is 13.2 Å². The van der Waals surface area contributed by atoms with Crippen LogP contribution in [0.5, 0.6) is 0 Å². The number of hydrogen-bond donors (Lipinski definition) is 2. The Balaban J connectivity index is 1.76. The first-order chi connectivity index (χ1) is 11.4. The third kappa shape index (κ3) is 5.26. The number of benzene rings is 1. The lowest BCUT2D eigenvalue weighted by molar-refractivity contribution is -0.137. The molecule has 1 heterocycles. The number of aromatic nitrogens is 1. The lowest BCUT2D eigenvalue weighted by Crippen LogP contribution is -2.38. The summed E-state index contributed by atoms with van der Waals surface area (Å²) in [6, 6.07) is 8.05. The average Bonchev–Trinajstić information content (AvgIpc) is 2.55. The summed E-state index contributed by atoms with van der Waals surface area (Å²) in [5.74, 6) is 0. The topological polar surface area (TPSA) is 54.0 Å². The van der Waals surface area contributed by atoms with Crippen molar-refractivity contribution in [3.63, 3.8) is 0 Å². The SMILES string of the molecule is CC(NC(=O)NCCc1ccc(C(F)(F)F)cc1)c1ccncc1. The van der Waals surface area contributed by atoms with E-state index in [9.17, 15) is 18.0 Å². The molecule has 2 amide bonds. The Morgan fingerprint density at radius 2 is 1.75 bits per heavy atom. The first-order valence-corrected chi connectivity index (χ1v) is 7.46.